The normalized spacial score (nSPS) is 13.3. The second-order valence-electron chi connectivity index (χ2n) is 4.15. The van der Waals surface area contributed by atoms with E-state index in [1.54, 1.807) is 12.0 Å². The Labute approximate surface area is 115 Å². The third kappa shape index (κ3) is 2.96. The average molecular weight is 314 g/mol. The van der Waals surface area contributed by atoms with Crippen LogP contribution in [-0.2, 0) is 17.8 Å². The minimum absolute atomic E-state index is 0.244. The molecular weight excluding hydrogens is 298 g/mol. The van der Waals surface area contributed by atoms with Gasteiger partial charge in [0.1, 0.15) is 5.75 Å². The van der Waals surface area contributed by atoms with E-state index in [0.29, 0.717) is 19.7 Å². The fraction of sp³-hybridized carbons (Fsp3) is 0.462. The number of methoxy groups -OCH3 is 1. The van der Waals surface area contributed by atoms with Crippen molar-refractivity contribution < 1.29 is 14.3 Å². The number of benzene rings is 1. The zero-order chi connectivity index (χ0) is 13.0. The maximum Gasteiger partial charge on any atom is 0.410 e. The van der Waals surface area contributed by atoms with E-state index in [1.807, 2.05) is 18.2 Å². The zero-order valence-electron chi connectivity index (χ0n) is 10.3. The van der Waals surface area contributed by atoms with Crippen LogP contribution in [0.2, 0.25) is 0 Å². The first-order valence-corrected chi connectivity index (χ1v) is 7.00. The van der Waals surface area contributed by atoms with Crippen LogP contribution in [0.5, 0.6) is 5.75 Å². The van der Waals surface area contributed by atoms with Gasteiger partial charge in [-0.2, -0.15) is 0 Å². The van der Waals surface area contributed by atoms with Crippen LogP contribution in [-0.4, -0.2) is 30.0 Å². The zero-order valence-corrected chi connectivity index (χ0v) is 11.9. The number of hydrogen-bond acceptors (Lipinski definition) is 3. The van der Waals surface area contributed by atoms with E-state index in [-0.39, 0.29) is 6.09 Å². The average Bonchev–Trinajstić information content (AvgIpc) is 2.81. The topological polar surface area (TPSA) is 38.8 Å². The highest BCUT2D eigenvalue weighted by molar-refractivity contribution is 9.09. The number of hydrogen-bond donors (Lipinski definition) is 0. The molecule has 0 saturated carbocycles. The predicted molar refractivity (Wildman–Crippen MR) is 72.0 cm³/mol. The molecular formula is C13H16BrNO3. The maximum atomic E-state index is 11.8. The summed E-state index contributed by atoms with van der Waals surface area (Å²) in [6, 6.07) is 5.89. The quantitative estimate of drug-likeness (QED) is 0.633. The largest absolute Gasteiger partial charge is 0.497 e. The van der Waals surface area contributed by atoms with Crippen molar-refractivity contribution in [3.63, 3.8) is 0 Å². The van der Waals surface area contributed by atoms with E-state index >= 15 is 0 Å². The fourth-order valence-corrected chi connectivity index (χ4v) is 2.16. The number of amides is 1. The van der Waals surface area contributed by atoms with Crippen LogP contribution in [0.3, 0.4) is 0 Å². The van der Waals surface area contributed by atoms with Gasteiger partial charge in [0.2, 0.25) is 0 Å². The molecule has 0 unspecified atom stereocenters. The van der Waals surface area contributed by atoms with E-state index in [2.05, 4.69) is 15.9 Å². The van der Waals surface area contributed by atoms with Crippen LogP contribution in [0.25, 0.3) is 0 Å². The number of halogens is 1. The molecule has 0 N–H and O–H groups in total. The molecule has 0 spiro atoms. The summed E-state index contributed by atoms with van der Waals surface area (Å²) in [5.41, 5.74) is 2.29. The molecule has 1 heterocycles. The third-order valence-electron chi connectivity index (χ3n) is 2.90. The molecule has 18 heavy (non-hydrogen) atoms. The summed E-state index contributed by atoms with van der Waals surface area (Å²) in [7, 11) is 1.64. The fourth-order valence-electron chi connectivity index (χ4n) is 1.93. The first-order chi connectivity index (χ1) is 8.74. The van der Waals surface area contributed by atoms with Crippen LogP contribution in [0.4, 0.5) is 4.79 Å². The van der Waals surface area contributed by atoms with Gasteiger partial charge in [-0.15, -0.1) is 0 Å². The van der Waals surface area contributed by atoms with Crippen molar-refractivity contribution in [1.29, 1.82) is 0 Å². The van der Waals surface area contributed by atoms with Gasteiger partial charge in [0.05, 0.1) is 13.7 Å². The number of carbonyl (C=O) groups excluding carboxylic acids is 1. The minimum Gasteiger partial charge on any atom is -0.497 e. The molecule has 1 aromatic rings. The lowest BCUT2D eigenvalue weighted by molar-refractivity contribution is 0.102. The molecule has 0 saturated heterocycles. The molecule has 2 rings (SSSR count). The highest BCUT2D eigenvalue weighted by atomic mass is 79.9. The van der Waals surface area contributed by atoms with Gasteiger partial charge in [0.15, 0.2) is 0 Å². The SMILES string of the molecule is COc1ccc2c(c1)CN(C(=O)OCCCBr)C2. The number of rotatable bonds is 4. The Kier molecular flexibility index (Phi) is 4.47. The van der Waals surface area contributed by atoms with Crippen molar-refractivity contribution in [2.45, 2.75) is 19.5 Å². The first-order valence-electron chi connectivity index (χ1n) is 5.88. The van der Waals surface area contributed by atoms with E-state index in [0.717, 1.165) is 28.6 Å². The third-order valence-corrected chi connectivity index (χ3v) is 3.46. The van der Waals surface area contributed by atoms with Gasteiger partial charge in [-0.3, -0.25) is 4.90 Å². The molecule has 4 nitrogen and oxygen atoms in total. The molecule has 98 valence electrons. The van der Waals surface area contributed by atoms with Crippen LogP contribution >= 0.6 is 15.9 Å². The lowest BCUT2D eigenvalue weighted by Crippen LogP contribution is -2.26. The lowest BCUT2D eigenvalue weighted by Gasteiger charge is -2.14. The van der Waals surface area contributed by atoms with E-state index in [1.165, 1.54) is 0 Å². The number of fused-ring (bicyclic) bond motifs is 1. The smallest absolute Gasteiger partial charge is 0.410 e. The maximum absolute atomic E-state index is 11.8. The van der Waals surface area contributed by atoms with Crippen molar-refractivity contribution in [3.8, 4) is 5.75 Å². The first kappa shape index (κ1) is 13.2. The van der Waals surface area contributed by atoms with E-state index in [9.17, 15) is 4.79 Å². The van der Waals surface area contributed by atoms with E-state index in [4.69, 9.17) is 9.47 Å². The molecule has 1 aliphatic rings. The molecule has 0 bridgehead atoms. The molecule has 1 aliphatic heterocycles. The molecule has 0 aliphatic carbocycles. The van der Waals surface area contributed by atoms with Gasteiger partial charge in [0.25, 0.3) is 0 Å². The number of carbonyl (C=O) groups is 1. The summed E-state index contributed by atoms with van der Waals surface area (Å²) in [4.78, 5) is 13.5. The highest BCUT2D eigenvalue weighted by Crippen LogP contribution is 2.26. The molecule has 0 aromatic heterocycles. The number of ether oxygens (including phenoxy) is 2. The summed E-state index contributed by atoms with van der Waals surface area (Å²) in [6.07, 6.45) is 0.589. The van der Waals surface area contributed by atoms with Gasteiger partial charge in [-0.1, -0.05) is 22.0 Å². The van der Waals surface area contributed by atoms with Crippen LogP contribution in [0, 0.1) is 0 Å². The standard InChI is InChI=1S/C13H16BrNO3/c1-17-12-4-3-10-8-15(9-11(10)7-12)13(16)18-6-2-5-14/h3-4,7H,2,5-6,8-9H2,1H3. The van der Waals surface area contributed by atoms with Crippen molar-refractivity contribution >= 4 is 22.0 Å². The number of nitrogens with zero attached hydrogens (tertiary/aromatic N) is 1. The molecule has 0 fully saturated rings. The second-order valence-corrected chi connectivity index (χ2v) is 4.94. The summed E-state index contributed by atoms with van der Waals surface area (Å²) < 4.78 is 10.4. The monoisotopic (exact) mass is 313 g/mol. The van der Waals surface area contributed by atoms with Gasteiger partial charge in [-0.05, 0) is 29.7 Å². The molecule has 0 atom stereocenters. The summed E-state index contributed by atoms with van der Waals surface area (Å²) in [5.74, 6) is 0.822. The Morgan fingerprint density at radius 3 is 2.89 bits per heavy atom. The molecule has 0 radical (unpaired) electrons. The van der Waals surface area contributed by atoms with Gasteiger partial charge in [-0.25, -0.2) is 4.79 Å². The van der Waals surface area contributed by atoms with Crippen LogP contribution in [0.1, 0.15) is 17.5 Å². The second kappa shape index (κ2) is 6.09. The summed E-state index contributed by atoms with van der Waals surface area (Å²) in [5, 5.41) is 0.845. The van der Waals surface area contributed by atoms with Crippen molar-refractivity contribution in [3.05, 3.63) is 29.3 Å². The predicted octanol–water partition coefficient (Wildman–Crippen LogP) is 2.93. The highest BCUT2D eigenvalue weighted by Gasteiger charge is 2.24. The Bertz CT molecular complexity index is 436. The van der Waals surface area contributed by atoms with Gasteiger partial charge >= 0.3 is 6.09 Å². The summed E-state index contributed by atoms with van der Waals surface area (Å²) in [6.45, 7) is 1.67. The van der Waals surface area contributed by atoms with Crippen molar-refractivity contribution in [1.82, 2.24) is 4.90 Å². The lowest BCUT2D eigenvalue weighted by atomic mass is 10.1. The van der Waals surface area contributed by atoms with Crippen LogP contribution in [0.15, 0.2) is 18.2 Å². The van der Waals surface area contributed by atoms with Crippen molar-refractivity contribution in [2.24, 2.45) is 0 Å². The van der Waals surface area contributed by atoms with Gasteiger partial charge in [0, 0.05) is 18.4 Å². The van der Waals surface area contributed by atoms with Crippen LogP contribution < -0.4 is 4.74 Å². The Morgan fingerprint density at radius 2 is 2.17 bits per heavy atom. The van der Waals surface area contributed by atoms with E-state index < -0.39 is 0 Å². The molecule has 1 amide bonds. The Balaban J connectivity index is 1.94. The Hall–Kier alpha value is -1.23. The van der Waals surface area contributed by atoms with Gasteiger partial charge < -0.3 is 9.47 Å². The molecule has 5 heteroatoms. The summed E-state index contributed by atoms with van der Waals surface area (Å²) >= 11 is 3.30. The van der Waals surface area contributed by atoms with Crippen molar-refractivity contribution in [2.75, 3.05) is 19.0 Å². The number of alkyl halides is 1. The molecule has 1 aromatic carbocycles. The Morgan fingerprint density at radius 1 is 1.39 bits per heavy atom. The minimum atomic E-state index is -0.244.